The Hall–Kier alpha value is -5.19. The SMILES string of the molecule is c1ccc(CN2C(c3cccc(-c4cccc5ccccc45)n3)CCCC2c2cccc(-c3cccc4ccccc34)n2)nc1. The van der Waals surface area contributed by atoms with Crippen LogP contribution in [0.5, 0.6) is 0 Å². The van der Waals surface area contributed by atoms with E-state index in [4.69, 9.17) is 15.0 Å². The summed E-state index contributed by atoms with van der Waals surface area (Å²) in [5, 5.41) is 4.92. The van der Waals surface area contributed by atoms with E-state index in [2.05, 4.69) is 138 Å². The summed E-state index contributed by atoms with van der Waals surface area (Å²) in [5.74, 6) is 0. The van der Waals surface area contributed by atoms with Gasteiger partial charge in [0.25, 0.3) is 0 Å². The number of likely N-dealkylation sites (tertiary alicyclic amines) is 1. The minimum Gasteiger partial charge on any atom is -0.280 e. The van der Waals surface area contributed by atoms with E-state index in [1.54, 1.807) is 0 Å². The fourth-order valence-corrected chi connectivity index (χ4v) is 7.06. The van der Waals surface area contributed by atoms with Crippen molar-refractivity contribution in [2.45, 2.75) is 37.9 Å². The number of aromatic nitrogens is 3. The van der Waals surface area contributed by atoms with Crippen LogP contribution in [0.3, 0.4) is 0 Å². The first-order chi connectivity index (χ1) is 22.3. The third kappa shape index (κ3) is 5.39. The van der Waals surface area contributed by atoms with Crippen molar-refractivity contribution in [1.29, 1.82) is 0 Å². The molecule has 0 amide bonds. The minimum atomic E-state index is 0.142. The molecule has 4 nitrogen and oxygen atoms in total. The summed E-state index contributed by atoms with van der Waals surface area (Å²) in [7, 11) is 0. The summed E-state index contributed by atoms with van der Waals surface area (Å²) in [6.45, 7) is 0.733. The van der Waals surface area contributed by atoms with Crippen molar-refractivity contribution in [1.82, 2.24) is 19.9 Å². The molecule has 1 fully saturated rings. The molecule has 2 unspecified atom stereocenters. The normalized spacial score (nSPS) is 17.1. The van der Waals surface area contributed by atoms with Crippen molar-refractivity contribution in [2.24, 2.45) is 0 Å². The fourth-order valence-electron chi connectivity index (χ4n) is 7.06. The van der Waals surface area contributed by atoms with Crippen molar-refractivity contribution >= 4 is 21.5 Å². The monoisotopic (exact) mass is 582 g/mol. The molecule has 1 aliphatic heterocycles. The predicted molar refractivity (Wildman–Crippen MR) is 183 cm³/mol. The minimum absolute atomic E-state index is 0.142. The molecule has 8 rings (SSSR count). The highest BCUT2D eigenvalue weighted by molar-refractivity contribution is 5.96. The molecule has 3 aromatic heterocycles. The van der Waals surface area contributed by atoms with Gasteiger partial charge in [0.05, 0.1) is 40.6 Å². The maximum atomic E-state index is 5.35. The summed E-state index contributed by atoms with van der Waals surface area (Å²) >= 11 is 0. The lowest BCUT2D eigenvalue weighted by atomic mass is 9.90. The molecule has 0 aliphatic carbocycles. The van der Waals surface area contributed by atoms with E-state index in [1.807, 2.05) is 12.3 Å². The molecule has 2 atom stereocenters. The average Bonchev–Trinajstić information content (AvgIpc) is 3.12. The Bertz CT molecular complexity index is 1960. The third-order valence-corrected chi connectivity index (χ3v) is 9.18. The van der Waals surface area contributed by atoms with Crippen LogP contribution in [0.2, 0.25) is 0 Å². The zero-order chi connectivity index (χ0) is 30.0. The molecular weight excluding hydrogens is 548 g/mol. The Labute approximate surface area is 264 Å². The number of hydrogen-bond donors (Lipinski definition) is 0. The largest absolute Gasteiger partial charge is 0.280 e. The lowest BCUT2D eigenvalue weighted by Gasteiger charge is -2.41. The molecule has 0 saturated carbocycles. The van der Waals surface area contributed by atoms with Crippen LogP contribution in [0, 0.1) is 0 Å². The maximum absolute atomic E-state index is 5.35. The molecule has 0 spiro atoms. The highest BCUT2D eigenvalue weighted by Gasteiger charge is 2.34. The molecule has 4 heteroatoms. The molecule has 1 aliphatic rings. The van der Waals surface area contributed by atoms with Gasteiger partial charge in [-0.2, -0.15) is 0 Å². The Morgan fingerprint density at radius 1 is 0.511 bits per heavy atom. The van der Waals surface area contributed by atoms with E-state index in [-0.39, 0.29) is 12.1 Å². The van der Waals surface area contributed by atoms with Gasteiger partial charge in [-0.3, -0.25) is 19.9 Å². The van der Waals surface area contributed by atoms with Crippen LogP contribution in [-0.2, 0) is 6.54 Å². The lowest BCUT2D eigenvalue weighted by molar-refractivity contribution is 0.0674. The van der Waals surface area contributed by atoms with E-state index < -0.39 is 0 Å². The Morgan fingerprint density at radius 3 is 1.58 bits per heavy atom. The van der Waals surface area contributed by atoms with E-state index in [0.29, 0.717) is 0 Å². The molecule has 45 heavy (non-hydrogen) atoms. The Balaban J connectivity index is 1.20. The quantitative estimate of drug-likeness (QED) is 0.196. The van der Waals surface area contributed by atoms with Gasteiger partial charge in [-0.1, -0.05) is 103 Å². The molecule has 4 aromatic carbocycles. The molecule has 7 aromatic rings. The van der Waals surface area contributed by atoms with Gasteiger partial charge in [0.1, 0.15) is 0 Å². The Morgan fingerprint density at radius 2 is 1.02 bits per heavy atom. The number of fused-ring (bicyclic) bond motifs is 2. The molecule has 0 N–H and O–H groups in total. The first kappa shape index (κ1) is 27.4. The molecule has 218 valence electrons. The van der Waals surface area contributed by atoms with E-state index in [0.717, 1.165) is 54.3 Å². The van der Waals surface area contributed by atoms with Crippen LogP contribution >= 0.6 is 0 Å². The molecular formula is C41H34N4. The van der Waals surface area contributed by atoms with Crippen LogP contribution < -0.4 is 0 Å². The number of rotatable bonds is 6. The van der Waals surface area contributed by atoms with Gasteiger partial charge in [0, 0.05) is 23.9 Å². The number of hydrogen-bond acceptors (Lipinski definition) is 4. The fraction of sp³-hybridized carbons (Fsp3) is 0.146. The Kier molecular flexibility index (Phi) is 7.34. The van der Waals surface area contributed by atoms with Gasteiger partial charge in [-0.25, -0.2) is 0 Å². The van der Waals surface area contributed by atoms with Crippen molar-refractivity contribution in [3.63, 3.8) is 0 Å². The van der Waals surface area contributed by atoms with E-state index in [9.17, 15) is 0 Å². The maximum Gasteiger partial charge on any atom is 0.0712 e. The number of nitrogens with zero attached hydrogens (tertiary/aromatic N) is 4. The van der Waals surface area contributed by atoms with Gasteiger partial charge in [0.2, 0.25) is 0 Å². The molecule has 1 saturated heterocycles. The summed E-state index contributed by atoms with van der Waals surface area (Å²) in [5.41, 5.74) is 7.63. The molecule has 0 radical (unpaired) electrons. The van der Waals surface area contributed by atoms with Gasteiger partial charge >= 0.3 is 0 Å². The van der Waals surface area contributed by atoms with Gasteiger partial charge in [-0.05, 0) is 77.2 Å². The second-order valence-corrected chi connectivity index (χ2v) is 11.9. The number of benzene rings is 4. The summed E-state index contributed by atoms with van der Waals surface area (Å²) in [6, 6.07) is 49.6. The smallest absolute Gasteiger partial charge is 0.0712 e. The first-order valence-electron chi connectivity index (χ1n) is 15.9. The van der Waals surface area contributed by atoms with Gasteiger partial charge < -0.3 is 0 Å². The third-order valence-electron chi connectivity index (χ3n) is 9.18. The van der Waals surface area contributed by atoms with Crippen LogP contribution in [0.25, 0.3) is 44.1 Å². The van der Waals surface area contributed by atoms with E-state index in [1.165, 1.54) is 32.7 Å². The van der Waals surface area contributed by atoms with Crippen LogP contribution in [-0.4, -0.2) is 19.9 Å². The predicted octanol–water partition coefficient (Wildman–Crippen LogP) is 9.98. The van der Waals surface area contributed by atoms with Gasteiger partial charge in [-0.15, -0.1) is 0 Å². The van der Waals surface area contributed by atoms with Crippen LogP contribution in [0.1, 0.15) is 48.4 Å². The van der Waals surface area contributed by atoms with Crippen molar-refractivity contribution < 1.29 is 0 Å². The van der Waals surface area contributed by atoms with Crippen molar-refractivity contribution in [3.8, 4) is 22.5 Å². The van der Waals surface area contributed by atoms with Gasteiger partial charge in [0.15, 0.2) is 0 Å². The second-order valence-electron chi connectivity index (χ2n) is 11.9. The lowest BCUT2D eigenvalue weighted by Crippen LogP contribution is -2.37. The van der Waals surface area contributed by atoms with Crippen LogP contribution in [0.4, 0.5) is 0 Å². The summed E-state index contributed by atoms with van der Waals surface area (Å²) in [4.78, 5) is 18.0. The summed E-state index contributed by atoms with van der Waals surface area (Å²) in [6.07, 6.45) is 5.08. The van der Waals surface area contributed by atoms with Crippen molar-refractivity contribution in [2.75, 3.05) is 0 Å². The zero-order valence-electron chi connectivity index (χ0n) is 25.1. The van der Waals surface area contributed by atoms with Crippen molar-refractivity contribution in [3.05, 3.63) is 163 Å². The number of pyridine rings is 3. The number of piperidine rings is 1. The average molecular weight is 583 g/mol. The molecule has 0 bridgehead atoms. The zero-order valence-corrected chi connectivity index (χ0v) is 25.1. The topological polar surface area (TPSA) is 41.9 Å². The standard InChI is InChI=1S/C41H34N4/c1-3-17-32-29(12-1)14-7-19-34(32)36-21-9-23-38(43-36)40-25-11-26-41(45(40)28-31-16-5-6-27-42-31)39-24-10-22-37(44-39)35-20-8-15-30-13-2-4-18-33(30)35/h1-10,12-24,27,40-41H,11,25-26,28H2. The summed E-state index contributed by atoms with van der Waals surface area (Å²) < 4.78 is 0. The van der Waals surface area contributed by atoms with E-state index >= 15 is 0 Å². The highest BCUT2D eigenvalue weighted by Crippen LogP contribution is 2.43. The first-order valence-corrected chi connectivity index (χ1v) is 15.9. The van der Waals surface area contributed by atoms with Crippen LogP contribution in [0.15, 0.2) is 146 Å². The second kappa shape index (κ2) is 12.1. The molecule has 4 heterocycles. The highest BCUT2D eigenvalue weighted by atomic mass is 15.2.